The second-order valence-corrected chi connectivity index (χ2v) is 21.3. The molecule has 8 amide bonds. The van der Waals surface area contributed by atoms with E-state index in [0.29, 0.717) is 35.1 Å². The molecule has 0 unspecified atom stereocenters. The zero-order valence-corrected chi connectivity index (χ0v) is 44.7. The number of aliphatic hydroxyl groups is 1. The van der Waals surface area contributed by atoms with Crippen molar-refractivity contribution in [3.63, 3.8) is 0 Å². The first-order valence-corrected chi connectivity index (χ1v) is 27.8. The van der Waals surface area contributed by atoms with E-state index < -0.39 is 107 Å². The first kappa shape index (κ1) is 59.5. The monoisotopic (exact) mass is 1110 g/mol. The number of fused-ring (bicyclic) bond motifs is 1. The third kappa shape index (κ3) is 17.9. The number of carbonyl (C=O) groups is 9. The fourth-order valence-corrected chi connectivity index (χ4v) is 11.0. The fraction of sp³-hybridized carbons (Fsp3) is 0.364. The Balaban J connectivity index is 1.43. The Morgan fingerprint density at radius 3 is 1.54 bits per heavy atom. The predicted octanol–water partition coefficient (Wildman–Crippen LogP) is 1.28. The molecule has 2 heterocycles. The van der Waals surface area contributed by atoms with Gasteiger partial charge in [-0.3, -0.25) is 38.4 Å². The topological polar surface area (TPSA) is 332 Å². The number of amides is 8. The van der Waals surface area contributed by atoms with Gasteiger partial charge in [0.15, 0.2) is 5.37 Å². The highest BCUT2D eigenvalue weighted by molar-refractivity contribution is 8.77. The number of rotatable bonds is 15. The number of hydrogen-bond donors (Lipinski definition) is 12. The van der Waals surface area contributed by atoms with Gasteiger partial charge in [-0.05, 0) is 61.1 Å². The van der Waals surface area contributed by atoms with Crippen LogP contribution in [0.5, 0.6) is 0 Å². The third-order valence-corrected chi connectivity index (χ3v) is 15.2. The maximum Gasteiger partial charge on any atom is 0.327 e. The molecule has 13 N–H and O–H groups in total. The summed E-state index contributed by atoms with van der Waals surface area (Å²) in [6.45, 7) is 2.64. The molecule has 414 valence electrons. The van der Waals surface area contributed by atoms with Gasteiger partial charge in [0.1, 0.15) is 42.3 Å². The quantitative estimate of drug-likeness (QED) is 0.0520. The molecular weight excluding hydrogens is 1040 g/mol. The average molecular weight is 1110 g/mol. The number of hydrogen-bond acceptors (Lipinski definition) is 13. The fourth-order valence-electron chi connectivity index (χ4n) is 8.59. The van der Waals surface area contributed by atoms with Gasteiger partial charge in [0.05, 0.1) is 6.10 Å². The van der Waals surface area contributed by atoms with E-state index >= 15 is 0 Å². The van der Waals surface area contributed by atoms with Crippen molar-refractivity contribution >= 4 is 85.7 Å². The molecule has 0 radical (unpaired) electrons. The van der Waals surface area contributed by atoms with Crippen LogP contribution in [0.4, 0.5) is 0 Å². The average Bonchev–Trinajstić information content (AvgIpc) is 3.83. The number of nitrogens with two attached hydrogens (primary N) is 1. The Hall–Kier alpha value is -7.73. The summed E-state index contributed by atoms with van der Waals surface area (Å²) in [5.41, 5.74) is 8.99. The smallest absolute Gasteiger partial charge is 0.327 e. The molecule has 0 aliphatic carbocycles. The lowest BCUT2D eigenvalue weighted by Crippen LogP contribution is -2.62. The molecule has 1 aliphatic rings. The van der Waals surface area contributed by atoms with Gasteiger partial charge >= 0.3 is 5.97 Å². The maximum atomic E-state index is 14.9. The van der Waals surface area contributed by atoms with E-state index in [0.717, 1.165) is 39.4 Å². The van der Waals surface area contributed by atoms with Crippen LogP contribution >= 0.6 is 21.6 Å². The lowest BCUT2D eigenvalue weighted by atomic mass is 10.00. The van der Waals surface area contributed by atoms with E-state index in [2.05, 4.69) is 47.5 Å². The van der Waals surface area contributed by atoms with E-state index in [1.807, 2.05) is 24.3 Å². The summed E-state index contributed by atoms with van der Waals surface area (Å²) in [4.78, 5) is 130. The third-order valence-electron chi connectivity index (χ3n) is 12.7. The van der Waals surface area contributed by atoms with Gasteiger partial charge in [-0.25, -0.2) is 4.79 Å². The van der Waals surface area contributed by atoms with Gasteiger partial charge in [0, 0.05) is 55.5 Å². The van der Waals surface area contributed by atoms with Gasteiger partial charge in [-0.15, -0.1) is 0 Å². The number of aliphatic hydroxyl groups excluding tert-OH is 1. The predicted molar refractivity (Wildman–Crippen MR) is 296 cm³/mol. The number of aromatic nitrogens is 1. The van der Waals surface area contributed by atoms with Crippen molar-refractivity contribution in [1.82, 2.24) is 47.5 Å². The number of unbranched alkanes of at least 4 members (excludes halogenated alkanes) is 1. The molecule has 0 bridgehead atoms. The van der Waals surface area contributed by atoms with Crippen molar-refractivity contribution in [2.24, 2.45) is 5.73 Å². The minimum absolute atomic E-state index is 0.00735. The zero-order chi connectivity index (χ0) is 56.1. The molecular formula is C55H66N10O11S2. The summed E-state index contributed by atoms with van der Waals surface area (Å²) in [6.07, 6.45) is 0.384. The van der Waals surface area contributed by atoms with Crippen LogP contribution in [0.1, 0.15) is 55.4 Å². The van der Waals surface area contributed by atoms with Crippen LogP contribution in [0.3, 0.4) is 0 Å². The summed E-state index contributed by atoms with van der Waals surface area (Å²) in [5.74, 6) is -8.65. The Morgan fingerprint density at radius 1 is 0.590 bits per heavy atom. The number of carboxylic acid groups (broad SMARTS) is 1. The normalized spacial score (nSPS) is 23.1. The highest BCUT2D eigenvalue weighted by atomic mass is 33.1. The van der Waals surface area contributed by atoms with Gasteiger partial charge in [-0.2, -0.15) is 0 Å². The van der Waals surface area contributed by atoms with Crippen molar-refractivity contribution in [3.8, 4) is 0 Å². The van der Waals surface area contributed by atoms with Gasteiger partial charge in [0.2, 0.25) is 41.4 Å². The van der Waals surface area contributed by atoms with E-state index in [4.69, 9.17) is 5.73 Å². The van der Waals surface area contributed by atoms with Crippen molar-refractivity contribution in [2.75, 3.05) is 12.3 Å². The van der Waals surface area contributed by atoms with Crippen LogP contribution < -0.4 is 48.3 Å². The highest BCUT2D eigenvalue weighted by Gasteiger charge is 2.37. The van der Waals surface area contributed by atoms with Crippen molar-refractivity contribution < 1.29 is 53.4 Å². The Kier molecular flexibility index (Phi) is 22.7. The molecule has 1 fully saturated rings. The minimum atomic E-state index is -1.72. The van der Waals surface area contributed by atoms with Crippen molar-refractivity contribution in [2.45, 2.75) is 113 Å². The number of para-hydroxylation sites is 1. The molecule has 1 aromatic heterocycles. The van der Waals surface area contributed by atoms with Gasteiger partial charge in [0.25, 0.3) is 5.91 Å². The van der Waals surface area contributed by atoms with Crippen molar-refractivity contribution in [1.29, 1.82) is 0 Å². The molecule has 21 nitrogen and oxygen atoms in total. The first-order valence-electron chi connectivity index (χ1n) is 25.4. The van der Waals surface area contributed by atoms with Crippen LogP contribution in [0.2, 0.25) is 0 Å². The number of benzene rings is 4. The lowest BCUT2D eigenvalue weighted by Gasteiger charge is -2.29. The lowest BCUT2D eigenvalue weighted by molar-refractivity contribution is -0.141. The zero-order valence-electron chi connectivity index (χ0n) is 43.1. The molecule has 1 saturated heterocycles. The Bertz CT molecular complexity index is 2860. The standard InChI is InChI=1S/C55H66N10O11S2/c1-32(66)46-52(73)62-42(27-35-18-8-4-9-19-35)50(71)64-45(55(75)76)31-77-78-54(58-33(2)67)53(74)63-43(28-36-20-10-5-11-21-36)49(70)60-41(26-34-16-6-3-7-17-34)48(69)61-44(29-37-30-57-39-23-13-12-22-38(37)39)51(72)59-40(47(68)65-46)24-14-15-25-56/h3-13,16-23,30,32,40-46,54,57,66H,14-15,24-29,31,56H2,1-2H3,(H,58,67)(H,59,72)(H,60,70)(H,61,69)(H,62,73)(H,63,74)(H,64,71)(H,65,68)(H,75,76)/t32-,40+,41+,42+,43+,44-,45+,46+,54+/m1/s1. The van der Waals surface area contributed by atoms with Gasteiger partial charge < -0.3 is 63.5 Å². The van der Waals surface area contributed by atoms with E-state index in [9.17, 15) is 53.4 Å². The number of aromatic amines is 1. The molecule has 5 aromatic rings. The van der Waals surface area contributed by atoms with Crippen LogP contribution in [-0.4, -0.2) is 134 Å². The minimum Gasteiger partial charge on any atom is -0.480 e. The molecule has 23 heteroatoms. The second-order valence-electron chi connectivity index (χ2n) is 18.8. The molecule has 4 aromatic carbocycles. The van der Waals surface area contributed by atoms with Crippen molar-refractivity contribution in [3.05, 3.63) is 144 Å². The van der Waals surface area contributed by atoms with Crippen LogP contribution in [0.15, 0.2) is 121 Å². The Morgan fingerprint density at radius 2 is 1.04 bits per heavy atom. The Labute approximate surface area is 458 Å². The number of aliphatic carboxylic acids is 1. The molecule has 0 spiro atoms. The molecule has 1 aliphatic heterocycles. The molecule has 0 saturated carbocycles. The summed E-state index contributed by atoms with van der Waals surface area (Å²) in [6, 6.07) is 22.8. The van der Waals surface area contributed by atoms with Crippen LogP contribution in [-0.2, 0) is 68.8 Å². The second kappa shape index (κ2) is 29.7. The largest absolute Gasteiger partial charge is 0.480 e. The van der Waals surface area contributed by atoms with E-state index in [1.165, 1.54) is 6.92 Å². The highest BCUT2D eigenvalue weighted by Crippen LogP contribution is 2.27. The molecule has 6 rings (SSSR count). The number of H-pyrrole nitrogens is 1. The number of carbonyl (C=O) groups excluding carboxylic acids is 8. The maximum absolute atomic E-state index is 14.9. The van der Waals surface area contributed by atoms with E-state index in [-0.39, 0.29) is 44.4 Å². The molecule has 9 atom stereocenters. The van der Waals surface area contributed by atoms with Crippen LogP contribution in [0, 0.1) is 0 Å². The van der Waals surface area contributed by atoms with Gasteiger partial charge in [-0.1, -0.05) is 131 Å². The molecule has 78 heavy (non-hydrogen) atoms. The van der Waals surface area contributed by atoms with E-state index in [1.54, 1.807) is 97.2 Å². The summed E-state index contributed by atoms with van der Waals surface area (Å²) < 4.78 is 0. The first-order chi connectivity index (χ1) is 37.5. The van der Waals surface area contributed by atoms with Crippen LogP contribution in [0.25, 0.3) is 10.9 Å². The number of carboxylic acids is 1. The number of nitrogens with one attached hydrogen (secondary N) is 9. The SMILES string of the molecule is CC(=O)N[C@H]1SSC[C@@H](C(=O)O)NC(=O)[C@H](Cc2ccccc2)NC(=O)[C@H]([C@@H](C)O)NC(=O)[C@H](CCCCN)NC(=O)[C@@H](Cc2c[nH]c3ccccc23)NC(=O)[C@H](Cc2ccccc2)NC(=O)[C@H](Cc2ccccc2)NC1=O. The summed E-state index contributed by atoms with van der Waals surface area (Å²) in [5, 5.41) is 41.9. The summed E-state index contributed by atoms with van der Waals surface area (Å²) >= 11 is 0. The summed E-state index contributed by atoms with van der Waals surface area (Å²) in [7, 11) is 1.56.